The van der Waals surface area contributed by atoms with Crippen molar-refractivity contribution in [2.75, 3.05) is 0 Å². The molecule has 0 radical (unpaired) electrons. The fraction of sp³-hybridized carbons (Fsp3) is 0.200. The lowest BCUT2D eigenvalue weighted by molar-refractivity contribution is -0.140. The van der Waals surface area contributed by atoms with Crippen LogP contribution in [0.4, 0.5) is 0 Å². The van der Waals surface area contributed by atoms with Crippen molar-refractivity contribution < 1.29 is 9.53 Å². The Morgan fingerprint density at radius 2 is 2.05 bits per heavy atom. The van der Waals surface area contributed by atoms with Gasteiger partial charge in [0.15, 0.2) is 0 Å². The van der Waals surface area contributed by atoms with Crippen LogP contribution < -0.4 is 0 Å². The molecule has 0 atom stereocenters. The molecule has 4 heteroatoms. The Labute approximate surface area is 112 Å². The van der Waals surface area contributed by atoms with Gasteiger partial charge >= 0.3 is 5.97 Å². The zero-order valence-electron chi connectivity index (χ0n) is 11.1. The SMILES string of the molecule is C=C(C)C(=O)OCc1[nH]c(C)nc1-c1ccccc1. The molecule has 2 aromatic rings. The second kappa shape index (κ2) is 5.52. The Morgan fingerprint density at radius 1 is 1.37 bits per heavy atom. The summed E-state index contributed by atoms with van der Waals surface area (Å²) < 4.78 is 5.16. The molecule has 0 fully saturated rings. The number of imidazole rings is 1. The summed E-state index contributed by atoms with van der Waals surface area (Å²) in [5, 5.41) is 0. The van der Waals surface area contributed by atoms with E-state index >= 15 is 0 Å². The first-order valence-electron chi connectivity index (χ1n) is 6.01. The summed E-state index contributed by atoms with van der Waals surface area (Å²) in [7, 11) is 0. The first-order valence-corrected chi connectivity index (χ1v) is 6.01. The number of carbonyl (C=O) groups excluding carboxylic acids is 1. The minimum absolute atomic E-state index is 0.163. The Bertz CT molecular complexity index is 600. The van der Waals surface area contributed by atoms with Crippen LogP contribution in [0, 0.1) is 6.92 Å². The van der Waals surface area contributed by atoms with Crippen LogP contribution in [-0.4, -0.2) is 15.9 Å². The number of aryl methyl sites for hydroxylation is 1. The fourth-order valence-corrected chi connectivity index (χ4v) is 1.74. The van der Waals surface area contributed by atoms with E-state index in [4.69, 9.17) is 4.74 Å². The van der Waals surface area contributed by atoms with Crippen LogP contribution in [0.25, 0.3) is 11.3 Å². The van der Waals surface area contributed by atoms with E-state index in [9.17, 15) is 4.79 Å². The van der Waals surface area contributed by atoms with Crippen LogP contribution in [0.5, 0.6) is 0 Å². The standard InChI is InChI=1S/C15H16N2O2/c1-10(2)15(18)19-9-13-14(17-11(3)16-13)12-7-5-4-6-8-12/h4-8H,1,9H2,2-3H3,(H,16,17). The highest BCUT2D eigenvalue weighted by Crippen LogP contribution is 2.22. The van der Waals surface area contributed by atoms with E-state index in [1.807, 2.05) is 37.3 Å². The van der Waals surface area contributed by atoms with Crippen molar-refractivity contribution >= 4 is 5.97 Å². The topological polar surface area (TPSA) is 55.0 Å². The molecule has 1 aromatic heterocycles. The molecule has 0 spiro atoms. The molecule has 0 bridgehead atoms. The van der Waals surface area contributed by atoms with Gasteiger partial charge in [-0.3, -0.25) is 0 Å². The molecule has 19 heavy (non-hydrogen) atoms. The third-order valence-electron chi connectivity index (χ3n) is 2.64. The number of H-pyrrole nitrogens is 1. The van der Waals surface area contributed by atoms with Crippen molar-refractivity contribution in [3.8, 4) is 11.3 Å². The quantitative estimate of drug-likeness (QED) is 0.675. The van der Waals surface area contributed by atoms with Crippen molar-refractivity contribution in [2.24, 2.45) is 0 Å². The lowest BCUT2D eigenvalue weighted by Gasteiger charge is -2.05. The zero-order chi connectivity index (χ0) is 13.8. The highest BCUT2D eigenvalue weighted by atomic mass is 16.5. The second-order valence-corrected chi connectivity index (χ2v) is 4.37. The minimum Gasteiger partial charge on any atom is -0.456 e. The van der Waals surface area contributed by atoms with E-state index in [-0.39, 0.29) is 6.61 Å². The van der Waals surface area contributed by atoms with Crippen LogP contribution in [-0.2, 0) is 16.1 Å². The third-order valence-corrected chi connectivity index (χ3v) is 2.64. The molecule has 1 heterocycles. The maximum Gasteiger partial charge on any atom is 0.333 e. The summed E-state index contributed by atoms with van der Waals surface area (Å²) in [5.74, 6) is 0.395. The summed E-state index contributed by atoms with van der Waals surface area (Å²) in [5.41, 5.74) is 2.98. The molecule has 1 N–H and O–H groups in total. The summed E-state index contributed by atoms with van der Waals surface area (Å²) >= 11 is 0. The number of hydrogen-bond donors (Lipinski definition) is 1. The number of hydrogen-bond acceptors (Lipinski definition) is 3. The Morgan fingerprint density at radius 3 is 2.68 bits per heavy atom. The molecule has 0 saturated carbocycles. The molecule has 0 unspecified atom stereocenters. The van der Waals surface area contributed by atoms with Gasteiger partial charge in [0.2, 0.25) is 0 Å². The maximum atomic E-state index is 11.4. The second-order valence-electron chi connectivity index (χ2n) is 4.37. The van der Waals surface area contributed by atoms with E-state index in [1.165, 1.54) is 0 Å². The fourth-order valence-electron chi connectivity index (χ4n) is 1.74. The van der Waals surface area contributed by atoms with Gasteiger partial charge in [0.05, 0.1) is 11.4 Å². The largest absolute Gasteiger partial charge is 0.456 e. The number of aromatic amines is 1. The first kappa shape index (κ1) is 13.1. The predicted molar refractivity (Wildman–Crippen MR) is 73.4 cm³/mol. The number of carbonyl (C=O) groups is 1. The summed E-state index contributed by atoms with van der Waals surface area (Å²) in [6.45, 7) is 7.21. The van der Waals surface area contributed by atoms with Crippen molar-refractivity contribution in [3.05, 3.63) is 54.0 Å². The molecule has 4 nitrogen and oxygen atoms in total. The van der Waals surface area contributed by atoms with Crippen LogP contribution in [0.3, 0.4) is 0 Å². The van der Waals surface area contributed by atoms with Gasteiger partial charge in [-0.1, -0.05) is 36.9 Å². The summed E-state index contributed by atoms with van der Waals surface area (Å²) in [6.07, 6.45) is 0. The summed E-state index contributed by atoms with van der Waals surface area (Å²) in [6, 6.07) is 9.79. The molecule has 98 valence electrons. The molecule has 0 amide bonds. The molecular formula is C15H16N2O2. The van der Waals surface area contributed by atoms with E-state index in [2.05, 4.69) is 16.5 Å². The van der Waals surface area contributed by atoms with E-state index in [0.29, 0.717) is 5.57 Å². The number of ether oxygens (including phenoxy) is 1. The average molecular weight is 256 g/mol. The van der Waals surface area contributed by atoms with Crippen molar-refractivity contribution in [1.29, 1.82) is 0 Å². The molecule has 0 aliphatic rings. The maximum absolute atomic E-state index is 11.4. The number of nitrogens with one attached hydrogen (secondary N) is 1. The van der Waals surface area contributed by atoms with Gasteiger partial charge in [0, 0.05) is 11.1 Å². The number of aromatic nitrogens is 2. The van der Waals surface area contributed by atoms with E-state index in [0.717, 1.165) is 22.8 Å². The van der Waals surface area contributed by atoms with Gasteiger partial charge in [0.25, 0.3) is 0 Å². The van der Waals surface area contributed by atoms with Crippen molar-refractivity contribution in [1.82, 2.24) is 9.97 Å². The van der Waals surface area contributed by atoms with Gasteiger partial charge in [-0.25, -0.2) is 9.78 Å². The summed E-state index contributed by atoms with van der Waals surface area (Å²) in [4.78, 5) is 19.0. The van der Waals surface area contributed by atoms with Gasteiger partial charge in [-0.2, -0.15) is 0 Å². The smallest absolute Gasteiger partial charge is 0.333 e. The first-order chi connectivity index (χ1) is 9.08. The highest BCUT2D eigenvalue weighted by molar-refractivity contribution is 5.86. The molecule has 1 aromatic carbocycles. The number of rotatable bonds is 4. The lowest BCUT2D eigenvalue weighted by atomic mass is 10.1. The molecule has 0 aliphatic heterocycles. The zero-order valence-corrected chi connectivity index (χ0v) is 11.1. The number of nitrogens with zero attached hydrogens (tertiary/aromatic N) is 1. The lowest BCUT2D eigenvalue weighted by Crippen LogP contribution is -2.05. The molecule has 2 rings (SSSR count). The Hall–Kier alpha value is -2.36. The van der Waals surface area contributed by atoms with Gasteiger partial charge in [-0.15, -0.1) is 0 Å². The molecule has 0 aliphatic carbocycles. The average Bonchev–Trinajstić information content (AvgIpc) is 2.78. The van der Waals surface area contributed by atoms with Crippen LogP contribution in [0.1, 0.15) is 18.4 Å². The van der Waals surface area contributed by atoms with E-state index < -0.39 is 5.97 Å². The van der Waals surface area contributed by atoms with E-state index in [1.54, 1.807) is 6.92 Å². The minimum atomic E-state index is -0.397. The van der Waals surface area contributed by atoms with Crippen LogP contribution in [0.2, 0.25) is 0 Å². The Balaban J connectivity index is 2.22. The van der Waals surface area contributed by atoms with Crippen molar-refractivity contribution in [3.63, 3.8) is 0 Å². The Kier molecular flexibility index (Phi) is 3.80. The van der Waals surface area contributed by atoms with Gasteiger partial charge < -0.3 is 9.72 Å². The predicted octanol–water partition coefficient (Wildman–Crippen LogP) is 3.00. The van der Waals surface area contributed by atoms with Gasteiger partial charge in [-0.05, 0) is 13.8 Å². The number of esters is 1. The molecular weight excluding hydrogens is 240 g/mol. The van der Waals surface area contributed by atoms with Crippen LogP contribution >= 0.6 is 0 Å². The number of benzene rings is 1. The monoisotopic (exact) mass is 256 g/mol. The van der Waals surface area contributed by atoms with Crippen LogP contribution in [0.15, 0.2) is 42.5 Å². The highest BCUT2D eigenvalue weighted by Gasteiger charge is 2.12. The van der Waals surface area contributed by atoms with Crippen molar-refractivity contribution in [2.45, 2.75) is 20.5 Å². The molecule has 0 saturated heterocycles. The normalized spacial score (nSPS) is 10.2. The third kappa shape index (κ3) is 3.10. The van der Waals surface area contributed by atoms with Gasteiger partial charge in [0.1, 0.15) is 12.4 Å².